The Morgan fingerprint density at radius 3 is 2.88 bits per heavy atom. The lowest BCUT2D eigenvalue weighted by molar-refractivity contribution is -0.126. The van der Waals surface area contributed by atoms with Crippen LogP contribution in [-0.2, 0) is 16.1 Å². The smallest absolute Gasteiger partial charge is 0.260 e. The van der Waals surface area contributed by atoms with Crippen molar-refractivity contribution in [3.8, 4) is 5.75 Å². The van der Waals surface area contributed by atoms with E-state index in [9.17, 15) is 4.79 Å². The van der Waals surface area contributed by atoms with Gasteiger partial charge in [-0.15, -0.1) is 0 Å². The van der Waals surface area contributed by atoms with Crippen LogP contribution in [0.15, 0.2) is 22.7 Å². The van der Waals surface area contributed by atoms with Crippen LogP contribution in [0, 0.1) is 0 Å². The van der Waals surface area contributed by atoms with E-state index >= 15 is 0 Å². The molecule has 0 atom stereocenters. The minimum absolute atomic E-state index is 0.00346. The summed E-state index contributed by atoms with van der Waals surface area (Å²) in [5.41, 5.74) is 5.84. The Kier molecular flexibility index (Phi) is 5.96. The fourth-order valence-corrected chi connectivity index (χ4v) is 1.70. The molecule has 1 amide bonds. The van der Waals surface area contributed by atoms with Crippen molar-refractivity contribution in [2.24, 2.45) is 0 Å². The molecule has 0 spiro atoms. The van der Waals surface area contributed by atoms with Crippen molar-refractivity contribution in [1.29, 1.82) is 0 Å². The fraction of sp³-hybridized carbons (Fsp3) is 0.364. The normalized spacial score (nSPS) is 10.1. The van der Waals surface area contributed by atoms with E-state index in [4.69, 9.17) is 9.47 Å². The van der Waals surface area contributed by atoms with E-state index in [0.717, 1.165) is 15.8 Å². The lowest BCUT2D eigenvalue weighted by Crippen LogP contribution is -2.36. The summed E-state index contributed by atoms with van der Waals surface area (Å²) in [7, 11) is 3.22. The topological polar surface area (TPSA) is 59.6 Å². The first-order chi connectivity index (χ1) is 8.17. The molecule has 94 valence electrons. The molecule has 0 aliphatic heterocycles. The molecule has 0 unspecified atom stereocenters. The quantitative estimate of drug-likeness (QED) is 0.776. The molecule has 0 saturated heterocycles. The van der Waals surface area contributed by atoms with Gasteiger partial charge < -0.3 is 9.47 Å². The molecule has 17 heavy (non-hydrogen) atoms. The third-order valence-electron chi connectivity index (χ3n) is 2.00. The highest BCUT2D eigenvalue weighted by atomic mass is 79.9. The van der Waals surface area contributed by atoms with Crippen LogP contribution in [0.3, 0.4) is 0 Å². The molecular weight excluding hydrogens is 288 g/mol. The summed E-state index contributed by atoms with van der Waals surface area (Å²) in [5, 5.41) is 0. The summed E-state index contributed by atoms with van der Waals surface area (Å²) in [4.78, 5) is 11.1. The number of rotatable bonds is 6. The Balaban J connectivity index is 2.50. The maximum atomic E-state index is 11.1. The molecular formula is C11H15BrN2O3. The van der Waals surface area contributed by atoms with Gasteiger partial charge in [-0.1, -0.05) is 15.9 Å². The molecule has 6 heteroatoms. The highest BCUT2D eigenvalue weighted by Gasteiger charge is 2.05. The van der Waals surface area contributed by atoms with Crippen LogP contribution in [-0.4, -0.2) is 26.7 Å². The van der Waals surface area contributed by atoms with Gasteiger partial charge in [-0.3, -0.25) is 10.2 Å². The van der Waals surface area contributed by atoms with E-state index in [1.165, 1.54) is 0 Å². The number of carbonyl (C=O) groups is 1. The second-order valence-electron chi connectivity index (χ2n) is 3.25. The minimum Gasteiger partial charge on any atom is -0.496 e. The number of ether oxygens (including phenoxy) is 2. The maximum Gasteiger partial charge on any atom is 0.260 e. The van der Waals surface area contributed by atoms with Crippen molar-refractivity contribution < 1.29 is 14.3 Å². The molecule has 0 fully saturated rings. The van der Waals surface area contributed by atoms with Gasteiger partial charge in [0.2, 0.25) is 0 Å². The minimum atomic E-state index is -0.221. The van der Waals surface area contributed by atoms with Crippen LogP contribution < -0.4 is 15.6 Å². The Morgan fingerprint density at radius 1 is 1.47 bits per heavy atom. The molecule has 0 radical (unpaired) electrons. The Labute approximate surface area is 109 Å². The number of nitrogens with one attached hydrogen (secondary N) is 2. The number of methoxy groups -OCH3 is 1. The molecule has 1 rings (SSSR count). The number of hydrazine groups is 1. The summed E-state index contributed by atoms with van der Waals surface area (Å²) in [6.45, 7) is 0.316. The van der Waals surface area contributed by atoms with E-state index in [-0.39, 0.29) is 12.5 Å². The van der Waals surface area contributed by atoms with Crippen LogP contribution in [0.2, 0.25) is 0 Å². The van der Waals surface area contributed by atoms with Gasteiger partial charge in [-0.25, -0.2) is 5.43 Å². The predicted octanol–water partition coefficient (Wildman–Crippen LogP) is 1.22. The van der Waals surface area contributed by atoms with Crippen molar-refractivity contribution in [1.82, 2.24) is 10.9 Å². The summed E-state index contributed by atoms with van der Waals surface area (Å²) >= 11 is 3.37. The SMILES string of the molecule is CNNC(=O)COCc1cc(Br)ccc1OC. The van der Waals surface area contributed by atoms with Gasteiger partial charge in [0, 0.05) is 17.1 Å². The second kappa shape index (κ2) is 7.26. The molecule has 0 aromatic heterocycles. The third-order valence-corrected chi connectivity index (χ3v) is 2.49. The lowest BCUT2D eigenvalue weighted by atomic mass is 10.2. The van der Waals surface area contributed by atoms with E-state index in [1.807, 2.05) is 18.2 Å². The average molecular weight is 303 g/mol. The predicted molar refractivity (Wildman–Crippen MR) is 67.6 cm³/mol. The van der Waals surface area contributed by atoms with Crippen LogP contribution in [0.5, 0.6) is 5.75 Å². The molecule has 0 heterocycles. The van der Waals surface area contributed by atoms with Gasteiger partial charge in [0.15, 0.2) is 0 Å². The van der Waals surface area contributed by atoms with Crippen molar-refractivity contribution in [2.45, 2.75) is 6.61 Å². The van der Waals surface area contributed by atoms with E-state index in [0.29, 0.717) is 6.61 Å². The molecule has 0 aliphatic carbocycles. The molecule has 1 aromatic carbocycles. The molecule has 0 bridgehead atoms. The first-order valence-electron chi connectivity index (χ1n) is 5.03. The Morgan fingerprint density at radius 2 is 2.24 bits per heavy atom. The number of hydrogen-bond acceptors (Lipinski definition) is 4. The monoisotopic (exact) mass is 302 g/mol. The number of benzene rings is 1. The van der Waals surface area contributed by atoms with E-state index in [1.54, 1.807) is 14.2 Å². The van der Waals surface area contributed by atoms with Crippen LogP contribution >= 0.6 is 15.9 Å². The zero-order valence-corrected chi connectivity index (χ0v) is 11.3. The molecule has 2 N–H and O–H groups in total. The average Bonchev–Trinajstić information content (AvgIpc) is 2.30. The molecule has 1 aromatic rings. The zero-order chi connectivity index (χ0) is 12.7. The van der Waals surface area contributed by atoms with Crippen molar-refractivity contribution in [3.63, 3.8) is 0 Å². The number of hydrogen-bond donors (Lipinski definition) is 2. The second-order valence-corrected chi connectivity index (χ2v) is 4.16. The van der Waals surface area contributed by atoms with Crippen LogP contribution in [0.4, 0.5) is 0 Å². The van der Waals surface area contributed by atoms with E-state index < -0.39 is 0 Å². The van der Waals surface area contributed by atoms with Gasteiger partial charge >= 0.3 is 0 Å². The summed E-state index contributed by atoms with van der Waals surface area (Å²) < 4.78 is 11.4. The number of amides is 1. The van der Waals surface area contributed by atoms with Gasteiger partial charge in [0.25, 0.3) is 5.91 Å². The molecule has 5 nitrogen and oxygen atoms in total. The van der Waals surface area contributed by atoms with Crippen molar-refractivity contribution >= 4 is 21.8 Å². The summed E-state index contributed by atoms with van der Waals surface area (Å²) in [6, 6.07) is 5.63. The standard InChI is InChI=1S/C11H15BrN2O3/c1-13-14-11(15)7-17-6-8-5-9(12)3-4-10(8)16-2/h3-5,13H,6-7H2,1-2H3,(H,14,15). The zero-order valence-electron chi connectivity index (χ0n) is 9.75. The summed E-state index contributed by atoms with van der Waals surface area (Å²) in [5.74, 6) is 0.517. The molecule has 0 saturated carbocycles. The van der Waals surface area contributed by atoms with Gasteiger partial charge in [-0.2, -0.15) is 0 Å². The highest BCUT2D eigenvalue weighted by molar-refractivity contribution is 9.10. The van der Waals surface area contributed by atoms with E-state index in [2.05, 4.69) is 26.8 Å². The van der Waals surface area contributed by atoms with Gasteiger partial charge in [0.05, 0.1) is 13.7 Å². The van der Waals surface area contributed by atoms with Gasteiger partial charge in [0.1, 0.15) is 12.4 Å². The van der Waals surface area contributed by atoms with Crippen LogP contribution in [0.25, 0.3) is 0 Å². The van der Waals surface area contributed by atoms with Crippen molar-refractivity contribution in [3.05, 3.63) is 28.2 Å². The first kappa shape index (κ1) is 14.0. The number of carbonyl (C=O) groups excluding carboxylic acids is 1. The first-order valence-corrected chi connectivity index (χ1v) is 5.82. The fourth-order valence-electron chi connectivity index (χ4n) is 1.29. The Bertz CT molecular complexity index is 385. The highest BCUT2D eigenvalue weighted by Crippen LogP contribution is 2.23. The van der Waals surface area contributed by atoms with Crippen molar-refractivity contribution in [2.75, 3.05) is 20.8 Å². The maximum absolute atomic E-state index is 11.1. The lowest BCUT2D eigenvalue weighted by Gasteiger charge is -2.09. The third kappa shape index (κ3) is 4.72. The Hall–Kier alpha value is -1.11. The largest absolute Gasteiger partial charge is 0.496 e. The molecule has 0 aliphatic rings. The number of halogens is 1. The van der Waals surface area contributed by atoms with Crippen LogP contribution in [0.1, 0.15) is 5.56 Å². The van der Waals surface area contributed by atoms with Gasteiger partial charge in [-0.05, 0) is 18.2 Å². The summed E-state index contributed by atoms with van der Waals surface area (Å²) in [6.07, 6.45) is 0.